The Kier molecular flexibility index (Phi) is 73.4. The van der Waals surface area contributed by atoms with Gasteiger partial charge in [0.15, 0.2) is 12.2 Å². The van der Waals surface area contributed by atoms with Crippen molar-refractivity contribution in [1.29, 1.82) is 0 Å². The Morgan fingerprint density at radius 3 is 0.676 bits per heavy atom. The summed E-state index contributed by atoms with van der Waals surface area (Å²) in [5.74, 6) is 1.07. The van der Waals surface area contributed by atoms with Gasteiger partial charge in [0.2, 0.25) is 0 Å². The van der Waals surface area contributed by atoms with E-state index >= 15 is 0 Å². The zero-order valence-corrected chi connectivity index (χ0v) is 71.2. The lowest BCUT2D eigenvalue weighted by Crippen LogP contribution is -2.30. The molecule has 0 fully saturated rings. The van der Waals surface area contributed by atoms with Crippen LogP contribution in [0.1, 0.15) is 447 Å². The van der Waals surface area contributed by atoms with Gasteiger partial charge in [-0.25, -0.2) is 9.13 Å². The fourth-order valence-electron chi connectivity index (χ4n) is 13.3. The highest BCUT2D eigenvalue weighted by Gasteiger charge is 2.31. The molecule has 624 valence electrons. The molecule has 0 saturated heterocycles. The Hall–Kier alpha value is -1.94. The minimum atomic E-state index is -4.97. The molecule has 0 aromatic carbocycles. The maximum Gasteiger partial charge on any atom is 0.472 e. The highest BCUT2D eigenvalue weighted by Crippen LogP contribution is 2.45. The van der Waals surface area contributed by atoms with Gasteiger partial charge in [0.05, 0.1) is 26.4 Å². The number of esters is 4. The fraction of sp³-hybridized carbons (Fsp3) is 0.953. The third-order valence-electron chi connectivity index (χ3n) is 20.4. The molecule has 0 aliphatic rings. The molecule has 17 nitrogen and oxygen atoms in total. The van der Waals surface area contributed by atoms with Crippen LogP contribution in [0.5, 0.6) is 0 Å². The van der Waals surface area contributed by atoms with Crippen molar-refractivity contribution in [3.05, 3.63) is 0 Å². The lowest BCUT2D eigenvalue weighted by atomic mass is 9.99. The molecule has 0 heterocycles. The molecular weight excluding hydrogens is 1370 g/mol. The molecule has 3 N–H and O–H groups in total. The van der Waals surface area contributed by atoms with Gasteiger partial charge in [-0.3, -0.25) is 37.3 Å². The summed E-state index contributed by atoms with van der Waals surface area (Å²) >= 11 is 0. The van der Waals surface area contributed by atoms with Crippen LogP contribution in [-0.2, 0) is 65.4 Å². The number of carbonyl (C=O) groups excluding carboxylic acids is 4. The molecule has 19 heteroatoms. The first-order valence-electron chi connectivity index (χ1n) is 44.2. The van der Waals surface area contributed by atoms with Crippen LogP contribution in [0.25, 0.3) is 0 Å². The summed E-state index contributed by atoms with van der Waals surface area (Å²) in [5, 5.41) is 10.7. The largest absolute Gasteiger partial charge is 0.472 e. The van der Waals surface area contributed by atoms with E-state index < -0.39 is 97.5 Å². The van der Waals surface area contributed by atoms with Crippen LogP contribution >= 0.6 is 15.6 Å². The van der Waals surface area contributed by atoms with Crippen molar-refractivity contribution in [1.82, 2.24) is 0 Å². The molecule has 0 aromatic rings. The van der Waals surface area contributed by atoms with E-state index in [-0.39, 0.29) is 25.7 Å². The molecule has 0 aromatic heterocycles. The summed E-state index contributed by atoms with van der Waals surface area (Å²) in [6.45, 7) is 14.4. The molecule has 0 spiro atoms. The van der Waals surface area contributed by atoms with Crippen molar-refractivity contribution in [2.75, 3.05) is 39.6 Å². The standard InChI is InChI=1S/C86H168O17P2/c1-9-79(8)65-57-49-41-32-26-20-16-17-23-29-35-45-53-61-69-86(91)103-82(73-97-84(89)67-59-51-43-37-36-40-48-56-64-78(6)7)75-101-105(94,95)99-71-80(87)70-98-104(92,93)100-74-81(102-85(90)68-60-52-44-34-28-22-15-11-13-19-25-31-39-47-55-63-77(4)5)72-96-83(88)66-58-50-42-33-27-21-14-10-12-18-24-30-38-46-54-62-76(2)3/h76-82,87H,9-75H2,1-8H3,(H,92,93)(H,94,95)/t79?,80-,81-,82-/m1/s1. The number of rotatable bonds is 83. The zero-order valence-electron chi connectivity index (χ0n) is 69.4. The summed E-state index contributed by atoms with van der Waals surface area (Å²) in [6, 6.07) is 0. The van der Waals surface area contributed by atoms with Crippen LogP contribution in [0.3, 0.4) is 0 Å². The topological polar surface area (TPSA) is 237 Å². The Bertz CT molecular complexity index is 2040. The molecule has 6 atom stereocenters. The number of phosphoric acid groups is 2. The number of phosphoric ester groups is 2. The van der Waals surface area contributed by atoms with Gasteiger partial charge < -0.3 is 33.8 Å². The van der Waals surface area contributed by atoms with Gasteiger partial charge in [-0.2, -0.15) is 0 Å². The van der Waals surface area contributed by atoms with Crippen molar-refractivity contribution in [3.63, 3.8) is 0 Å². The Morgan fingerprint density at radius 2 is 0.457 bits per heavy atom. The van der Waals surface area contributed by atoms with E-state index in [1.54, 1.807) is 0 Å². The van der Waals surface area contributed by atoms with Crippen LogP contribution in [-0.4, -0.2) is 96.7 Å². The van der Waals surface area contributed by atoms with Crippen LogP contribution < -0.4 is 0 Å². The molecule has 0 amide bonds. The van der Waals surface area contributed by atoms with Crippen molar-refractivity contribution in [2.45, 2.75) is 465 Å². The second-order valence-corrected chi connectivity index (χ2v) is 35.5. The van der Waals surface area contributed by atoms with Gasteiger partial charge >= 0.3 is 39.5 Å². The van der Waals surface area contributed by atoms with E-state index in [1.807, 2.05) is 0 Å². The molecule has 0 saturated carbocycles. The molecule has 0 aliphatic carbocycles. The minimum Gasteiger partial charge on any atom is -0.462 e. The summed E-state index contributed by atoms with van der Waals surface area (Å²) in [5.41, 5.74) is 0. The molecular formula is C86H168O17P2. The lowest BCUT2D eigenvalue weighted by Gasteiger charge is -2.21. The van der Waals surface area contributed by atoms with Crippen LogP contribution in [0.2, 0.25) is 0 Å². The summed E-state index contributed by atoms with van der Waals surface area (Å²) < 4.78 is 68.9. The number of unbranched alkanes of at least 4 members (excludes halogenated alkanes) is 48. The Morgan fingerprint density at radius 1 is 0.267 bits per heavy atom. The molecule has 0 radical (unpaired) electrons. The van der Waals surface area contributed by atoms with Crippen molar-refractivity contribution >= 4 is 39.5 Å². The van der Waals surface area contributed by atoms with Crippen molar-refractivity contribution < 1.29 is 80.2 Å². The van der Waals surface area contributed by atoms with E-state index in [2.05, 4.69) is 55.4 Å². The third-order valence-corrected chi connectivity index (χ3v) is 22.3. The highest BCUT2D eigenvalue weighted by molar-refractivity contribution is 7.47. The number of aliphatic hydroxyl groups excluding tert-OH is 1. The van der Waals surface area contributed by atoms with Gasteiger partial charge in [-0.15, -0.1) is 0 Å². The van der Waals surface area contributed by atoms with Gasteiger partial charge in [0, 0.05) is 25.7 Å². The molecule has 0 rings (SSSR count). The van der Waals surface area contributed by atoms with Gasteiger partial charge in [0.25, 0.3) is 0 Å². The first-order valence-corrected chi connectivity index (χ1v) is 47.2. The van der Waals surface area contributed by atoms with Gasteiger partial charge in [0.1, 0.15) is 19.3 Å². The third kappa shape index (κ3) is 78.5. The SMILES string of the molecule is CCC(C)CCCCCCCCCCCCCCCCC(=O)O[C@H](COC(=O)CCCCCCCCCCC(C)C)COP(=O)(O)OC[C@H](O)COP(=O)(O)OC[C@@H](COC(=O)CCCCCCCCCCCCCCCCCC(C)C)OC(=O)CCCCCCCCCCCCCCCCCC(C)C. The minimum absolute atomic E-state index is 0.107. The first kappa shape index (κ1) is 103. The van der Waals surface area contributed by atoms with E-state index in [1.165, 1.54) is 250 Å². The van der Waals surface area contributed by atoms with Crippen molar-refractivity contribution in [2.24, 2.45) is 23.7 Å². The van der Waals surface area contributed by atoms with Gasteiger partial charge in [-0.05, 0) is 49.4 Å². The Labute approximate surface area is 645 Å². The molecule has 3 unspecified atom stereocenters. The van der Waals surface area contributed by atoms with E-state index in [9.17, 15) is 43.2 Å². The second-order valence-electron chi connectivity index (χ2n) is 32.6. The average molecular weight is 1540 g/mol. The van der Waals surface area contributed by atoms with E-state index in [4.69, 9.17) is 37.0 Å². The molecule has 105 heavy (non-hydrogen) atoms. The lowest BCUT2D eigenvalue weighted by molar-refractivity contribution is -0.161. The predicted octanol–water partition coefficient (Wildman–Crippen LogP) is 25.9. The summed E-state index contributed by atoms with van der Waals surface area (Å²) in [6.07, 6.45) is 63.8. The number of ether oxygens (including phenoxy) is 4. The smallest absolute Gasteiger partial charge is 0.462 e. The number of hydrogen-bond acceptors (Lipinski definition) is 15. The van der Waals surface area contributed by atoms with E-state index in [0.717, 1.165) is 114 Å². The average Bonchev–Trinajstić information content (AvgIpc) is 0.913. The second kappa shape index (κ2) is 74.8. The summed E-state index contributed by atoms with van der Waals surface area (Å²) in [7, 11) is -9.93. The monoisotopic (exact) mass is 1540 g/mol. The maximum absolute atomic E-state index is 13.1. The highest BCUT2D eigenvalue weighted by atomic mass is 31.2. The predicted molar refractivity (Wildman–Crippen MR) is 432 cm³/mol. The fourth-order valence-corrected chi connectivity index (χ4v) is 14.9. The zero-order chi connectivity index (χ0) is 77.4. The molecule has 0 aliphatic heterocycles. The van der Waals surface area contributed by atoms with Crippen LogP contribution in [0, 0.1) is 23.7 Å². The molecule has 0 bridgehead atoms. The van der Waals surface area contributed by atoms with Gasteiger partial charge in [-0.1, -0.05) is 396 Å². The Balaban J connectivity index is 5.26. The van der Waals surface area contributed by atoms with Crippen molar-refractivity contribution in [3.8, 4) is 0 Å². The quantitative estimate of drug-likeness (QED) is 0.0222. The first-order chi connectivity index (χ1) is 50.6. The number of carbonyl (C=O) groups is 4. The summed E-state index contributed by atoms with van der Waals surface area (Å²) in [4.78, 5) is 73.2. The maximum atomic E-state index is 13.1. The van der Waals surface area contributed by atoms with Crippen LogP contribution in [0.15, 0.2) is 0 Å². The van der Waals surface area contributed by atoms with E-state index in [0.29, 0.717) is 25.7 Å². The number of aliphatic hydroxyl groups is 1. The normalized spacial score (nSPS) is 14.2. The number of hydrogen-bond donors (Lipinski definition) is 3. The van der Waals surface area contributed by atoms with Crippen LogP contribution in [0.4, 0.5) is 0 Å².